The number of rotatable bonds is 5. The van der Waals surface area contributed by atoms with E-state index in [1.807, 2.05) is 13.0 Å². The monoisotopic (exact) mass is 419 g/mol. The first-order valence-corrected chi connectivity index (χ1v) is 9.24. The van der Waals surface area contributed by atoms with Crippen molar-refractivity contribution in [1.82, 2.24) is 5.43 Å². The molecule has 9 nitrogen and oxygen atoms in total. The van der Waals surface area contributed by atoms with Crippen molar-refractivity contribution < 1.29 is 23.7 Å². The molecule has 4 rings (SSSR count). The second-order valence-electron chi connectivity index (χ2n) is 6.82. The number of non-ortho nitro benzene ring substituents is 1. The van der Waals surface area contributed by atoms with Gasteiger partial charge in [0.15, 0.2) is 0 Å². The quantitative estimate of drug-likeness (QED) is 0.292. The summed E-state index contributed by atoms with van der Waals surface area (Å²) in [6.45, 7) is 1.89. The number of methoxy groups -OCH3 is 1. The average molecular weight is 419 g/mol. The van der Waals surface area contributed by atoms with Crippen LogP contribution in [0.5, 0.6) is 5.75 Å². The molecule has 1 aliphatic rings. The van der Waals surface area contributed by atoms with Crippen LogP contribution < -0.4 is 15.2 Å². The van der Waals surface area contributed by atoms with Gasteiger partial charge in [0.05, 0.1) is 29.4 Å². The van der Waals surface area contributed by atoms with Crippen LogP contribution in [-0.2, 0) is 9.59 Å². The van der Waals surface area contributed by atoms with E-state index in [1.165, 1.54) is 36.4 Å². The fourth-order valence-corrected chi connectivity index (χ4v) is 3.22. The van der Waals surface area contributed by atoms with Crippen LogP contribution in [0.4, 0.5) is 11.4 Å². The Morgan fingerprint density at radius 1 is 1.13 bits per heavy atom. The number of hydrogen-bond acceptors (Lipinski definition) is 6. The van der Waals surface area contributed by atoms with Crippen molar-refractivity contribution in [2.24, 2.45) is 0 Å². The standard InChI is InChI=1S/C22H17N3O6/c1-13-4-3-5-14(10-13)24-22(27)18(21(26)23-24)12-16-7-9-19(31-16)17-8-6-15(25(28)29)11-20(17)30-2/h3-12H,1-2H3,(H,23,26). The smallest absolute Gasteiger partial charge is 0.282 e. The van der Waals surface area contributed by atoms with Crippen LogP contribution in [0.25, 0.3) is 17.4 Å². The van der Waals surface area contributed by atoms with E-state index in [4.69, 9.17) is 9.15 Å². The molecule has 0 bridgehead atoms. The second-order valence-corrected chi connectivity index (χ2v) is 6.82. The van der Waals surface area contributed by atoms with E-state index in [1.54, 1.807) is 30.3 Å². The number of amides is 2. The summed E-state index contributed by atoms with van der Waals surface area (Å²) in [5, 5.41) is 12.2. The molecule has 3 aromatic rings. The Labute approximate surface area is 176 Å². The third kappa shape index (κ3) is 3.76. The topological polar surface area (TPSA) is 115 Å². The number of hydrazine groups is 1. The van der Waals surface area contributed by atoms with Crippen molar-refractivity contribution in [3.63, 3.8) is 0 Å². The number of furan rings is 1. The third-order valence-electron chi connectivity index (χ3n) is 4.73. The largest absolute Gasteiger partial charge is 0.496 e. The van der Waals surface area contributed by atoms with Crippen molar-refractivity contribution in [2.75, 3.05) is 12.1 Å². The molecule has 1 aromatic heterocycles. The minimum Gasteiger partial charge on any atom is -0.496 e. The van der Waals surface area contributed by atoms with Crippen LogP contribution in [0.2, 0.25) is 0 Å². The summed E-state index contributed by atoms with van der Waals surface area (Å²) in [4.78, 5) is 35.6. The normalized spacial score (nSPS) is 14.8. The van der Waals surface area contributed by atoms with Gasteiger partial charge in [0.1, 0.15) is 22.8 Å². The summed E-state index contributed by atoms with van der Waals surface area (Å²) in [6.07, 6.45) is 1.36. The Kier molecular flexibility index (Phi) is 5.00. The number of aryl methyl sites for hydroxylation is 1. The van der Waals surface area contributed by atoms with Gasteiger partial charge in [-0.25, -0.2) is 5.01 Å². The average Bonchev–Trinajstić information content (AvgIpc) is 3.33. The first-order chi connectivity index (χ1) is 14.9. The zero-order valence-corrected chi connectivity index (χ0v) is 16.6. The van der Waals surface area contributed by atoms with Gasteiger partial charge in [0.2, 0.25) is 0 Å². The van der Waals surface area contributed by atoms with Gasteiger partial charge in [0, 0.05) is 6.07 Å². The lowest BCUT2D eigenvalue weighted by atomic mass is 10.1. The summed E-state index contributed by atoms with van der Waals surface area (Å²) in [5.74, 6) is -0.123. The number of anilines is 1. The van der Waals surface area contributed by atoms with Crippen molar-refractivity contribution in [1.29, 1.82) is 0 Å². The van der Waals surface area contributed by atoms with E-state index in [-0.39, 0.29) is 22.8 Å². The maximum Gasteiger partial charge on any atom is 0.282 e. The van der Waals surface area contributed by atoms with E-state index in [2.05, 4.69) is 5.43 Å². The van der Waals surface area contributed by atoms with Crippen molar-refractivity contribution in [3.05, 3.63) is 81.6 Å². The summed E-state index contributed by atoms with van der Waals surface area (Å²) in [6, 6.07) is 14.6. The van der Waals surface area contributed by atoms with E-state index >= 15 is 0 Å². The first kappa shape index (κ1) is 19.9. The molecule has 0 saturated carbocycles. The molecule has 2 aromatic carbocycles. The maximum atomic E-state index is 12.8. The third-order valence-corrected chi connectivity index (χ3v) is 4.73. The van der Waals surface area contributed by atoms with Gasteiger partial charge >= 0.3 is 0 Å². The van der Waals surface area contributed by atoms with Crippen LogP contribution in [-0.4, -0.2) is 23.8 Å². The van der Waals surface area contributed by atoms with Crippen LogP contribution in [0.3, 0.4) is 0 Å². The maximum absolute atomic E-state index is 12.8. The van der Waals surface area contributed by atoms with Gasteiger partial charge in [-0.1, -0.05) is 12.1 Å². The van der Waals surface area contributed by atoms with Crippen LogP contribution in [0, 0.1) is 17.0 Å². The molecule has 0 spiro atoms. The number of carbonyl (C=O) groups is 2. The molecule has 2 heterocycles. The number of benzene rings is 2. The zero-order valence-electron chi connectivity index (χ0n) is 16.6. The fraction of sp³-hybridized carbons (Fsp3) is 0.0909. The number of nitrogens with one attached hydrogen (secondary N) is 1. The molecular weight excluding hydrogens is 402 g/mol. The van der Waals surface area contributed by atoms with E-state index < -0.39 is 16.7 Å². The summed E-state index contributed by atoms with van der Waals surface area (Å²) >= 11 is 0. The molecule has 1 aliphatic heterocycles. The summed E-state index contributed by atoms with van der Waals surface area (Å²) in [5.41, 5.74) is 4.36. The Hall–Kier alpha value is -4.40. The van der Waals surface area contributed by atoms with Crippen LogP contribution >= 0.6 is 0 Å². The molecule has 0 atom stereocenters. The minimum atomic E-state index is -0.544. The molecule has 31 heavy (non-hydrogen) atoms. The molecular formula is C22H17N3O6. The second kappa shape index (κ2) is 7.79. The van der Waals surface area contributed by atoms with E-state index in [0.29, 0.717) is 17.0 Å². The molecule has 0 aliphatic carbocycles. The Bertz CT molecular complexity index is 1240. The SMILES string of the molecule is COc1cc([N+](=O)[O-])ccc1-c1ccc(C=C2C(=O)NN(c3cccc(C)c3)C2=O)o1. The van der Waals surface area contributed by atoms with E-state index in [9.17, 15) is 19.7 Å². The van der Waals surface area contributed by atoms with Gasteiger partial charge in [-0.3, -0.25) is 25.1 Å². The van der Waals surface area contributed by atoms with Gasteiger partial charge in [-0.05, 0) is 48.9 Å². The molecule has 1 N–H and O–H groups in total. The number of nitro benzene ring substituents is 1. The van der Waals surface area contributed by atoms with Gasteiger partial charge in [-0.15, -0.1) is 0 Å². The van der Waals surface area contributed by atoms with Crippen molar-refractivity contribution in [2.45, 2.75) is 6.92 Å². The lowest BCUT2D eigenvalue weighted by Crippen LogP contribution is -2.35. The number of nitro groups is 1. The zero-order chi connectivity index (χ0) is 22.1. The highest BCUT2D eigenvalue weighted by atomic mass is 16.6. The lowest BCUT2D eigenvalue weighted by Gasteiger charge is -2.14. The van der Waals surface area contributed by atoms with Crippen molar-refractivity contribution in [3.8, 4) is 17.1 Å². The van der Waals surface area contributed by atoms with Crippen molar-refractivity contribution >= 4 is 29.3 Å². The number of hydrogen-bond donors (Lipinski definition) is 1. The molecule has 0 unspecified atom stereocenters. The summed E-state index contributed by atoms with van der Waals surface area (Å²) in [7, 11) is 1.40. The van der Waals surface area contributed by atoms with Gasteiger partial charge in [0.25, 0.3) is 17.5 Å². The Morgan fingerprint density at radius 3 is 2.65 bits per heavy atom. The highest BCUT2D eigenvalue weighted by Gasteiger charge is 2.34. The molecule has 1 fully saturated rings. The highest BCUT2D eigenvalue weighted by Crippen LogP contribution is 2.34. The number of ether oxygens (including phenoxy) is 1. The van der Waals surface area contributed by atoms with Gasteiger partial charge in [-0.2, -0.15) is 0 Å². The minimum absolute atomic E-state index is 0.0712. The Morgan fingerprint density at radius 2 is 1.94 bits per heavy atom. The molecule has 1 saturated heterocycles. The lowest BCUT2D eigenvalue weighted by molar-refractivity contribution is -0.384. The number of nitrogens with zero attached hydrogens (tertiary/aromatic N) is 2. The molecule has 0 radical (unpaired) electrons. The molecule has 156 valence electrons. The summed E-state index contributed by atoms with van der Waals surface area (Å²) < 4.78 is 11.0. The van der Waals surface area contributed by atoms with Crippen LogP contribution in [0.15, 0.2) is 64.6 Å². The molecule has 9 heteroatoms. The van der Waals surface area contributed by atoms with E-state index in [0.717, 1.165) is 5.56 Å². The highest BCUT2D eigenvalue weighted by molar-refractivity contribution is 6.31. The number of carbonyl (C=O) groups excluding carboxylic acids is 2. The first-order valence-electron chi connectivity index (χ1n) is 9.24. The van der Waals surface area contributed by atoms with Crippen LogP contribution in [0.1, 0.15) is 11.3 Å². The van der Waals surface area contributed by atoms with Gasteiger partial charge < -0.3 is 9.15 Å². The molecule has 2 amide bonds. The fourth-order valence-electron chi connectivity index (χ4n) is 3.22. The predicted molar refractivity (Wildman–Crippen MR) is 112 cm³/mol. The Balaban J connectivity index is 1.63. The predicted octanol–water partition coefficient (Wildman–Crippen LogP) is 3.63.